The normalized spacial score (nSPS) is 10.4. The van der Waals surface area contributed by atoms with E-state index in [2.05, 4.69) is 23.0 Å². The second-order valence-electron chi connectivity index (χ2n) is 5.54. The Kier molecular flexibility index (Phi) is 6.14. The molecule has 1 heterocycles. The molecular weight excluding hydrogens is 384 g/mol. The molecule has 0 atom stereocenters. The molecule has 3 aromatic rings. The lowest BCUT2D eigenvalue weighted by atomic mass is 10.1. The molecule has 138 valence electrons. The van der Waals surface area contributed by atoms with Crippen molar-refractivity contribution in [2.45, 2.75) is 11.8 Å². The first kappa shape index (κ1) is 20.3. The highest BCUT2D eigenvalue weighted by Gasteiger charge is 2.26. The Balaban J connectivity index is 0.00000261. The Morgan fingerprint density at radius 1 is 1.19 bits per heavy atom. The number of aromatic amines is 1. The minimum Gasteiger partial charge on any atom is -0.358 e. The van der Waals surface area contributed by atoms with Crippen LogP contribution < -0.4 is 10.0 Å². The molecule has 0 aliphatic rings. The quantitative estimate of drug-likeness (QED) is 0.521. The van der Waals surface area contributed by atoms with E-state index in [-0.39, 0.29) is 23.8 Å². The number of anilines is 1. The number of nitrogens with two attached hydrogens (primary N) is 1. The minimum atomic E-state index is -3.93. The summed E-state index contributed by atoms with van der Waals surface area (Å²) in [7, 11) is -3.93. The summed E-state index contributed by atoms with van der Waals surface area (Å²) in [5.41, 5.74) is 7.65. The third-order valence-electron chi connectivity index (χ3n) is 3.93. The molecule has 27 heavy (non-hydrogen) atoms. The average Bonchev–Trinajstić information content (AvgIpc) is 3.09. The summed E-state index contributed by atoms with van der Waals surface area (Å²) in [6, 6.07) is 16.2. The zero-order valence-electron chi connectivity index (χ0n) is 14.4. The number of fused-ring (bicyclic) bond motifs is 1. The van der Waals surface area contributed by atoms with Crippen LogP contribution in [0.2, 0.25) is 0 Å². The molecule has 0 radical (unpaired) electrons. The molecule has 0 unspecified atom stereocenters. The molecule has 1 aromatic heterocycles. The van der Waals surface area contributed by atoms with Crippen molar-refractivity contribution in [3.05, 3.63) is 59.8 Å². The van der Waals surface area contributed by atoms with Gasteiger partial charge in [-0.3, -0.25) is 0 Å². The van der Waals surface area contributed by atoms with Crippen LogP contribution in [-0.2, 0) is 10.0 Å². The summed E-state index contributed by atoms with van der Waals surface area (Å²) < 4.78 is 27.3. The van der Waals surface area contributed by atoms with Crippen LogP contribution in [0.5, 0.6) is 0 Å². The van der Waals surface area contributed by atoms with E-state index in [9.17, 15) is 13.7 Å². The van der Waals surface area contributed by atoms with Crippen LogP contribution in [0.4, 0.5) is 5.69 Å². The third-order valence-corrected chi connectivity index (χ3v) is 5.56. The van der Waals surface area contributed by atoms with E-state index in [1.807, 2.05) is 6.92 Å². The van der Waals surface area contributed by atoms with E-state index >= 15 is 0 Å². The summed E-state index contributed by atoms with van der Waals surface area (Å²) in [6.45, 7) is 1.88. The zero-order valence-corrected chi connectivity index (χ0v) is 16.1. The third kappa shape index (κ3) is 3.62. The van der Waals surface area contributed by atoms with E-state index < -0.39 is 10.0 Å². The summed E-state index contributed by atoms with van der Waals surface area (Å²) in [5.74, 6) is 2.62. The lowest BCUT2D eigenvalue weighted by Crippen LogP contribution is -2.26. The number of rotatable bonds is 3. The Hall–Kier alpha value is -2.97. The molecule has 2 aromatic carbocycles. The van der Waals surface area contributed by atoms with Crippen molar-refractivity contribution in [1.29, 1.82) is 5.26 Å². The predicted octanol–water partition coefficient (Wildman–Crippen LogP) is 2.88. The van der Waals surface area contributed by atoms with E-state index in [0.29, 0.717) is 22.2 Å². The van der Waals surface area contributed by atoms with Gasteiger partial charge in [-0.2, -0.15) is 9.57 Å². The first-order chi connectivity index (χ1) is 12.5. The number of nitrogens with one attached hydrogen (secondary N) is 1. The van der Waals surface area contributed by atoms with Crippen molar-refractivity contribution in [1.82, 2.24) is 4.98 Å². The summed E-state index contributed by atoms with van der Waals surface area (Å²) in [5, 5.41) is 9.99. The van der Waals surface area contributed by atoms with Gasteiger partial charge >= 0.3 is 0 Å². The Morgan fingerprint density at radius 3 is 2.52 bits per heavy atom. The second-order valence-corrected chi connectivity index (χ2v) is 7.33. The van der Waals surface area contributed by atoms with Gasteiger partial charge < -0.3 is 10.7 Å². The number of nitrogens with zero attached hydrogens (tertiary/aromatic N) is 2. The molecule has 0 saturated carbocycles. The van der Waals surface area contributed by atoms with Gasteiger partial charge in [0, 0.05) is 17.6 Å². The second kappa shape index (κ2) is 8.15. The van der Waals surface area contributed by atoms with Gasteiger partial charge in [-0.1, -0.05) is 30.2 Å². The highest BCUT2D eigenvalue weighted by atomic mass is 35.5. The standard InChI is InChI=1S/C19H16N4O2S.ClH/c1-14-8-9-17(19-18(14)15(12-21)13-22-19)23(11-5-10-20)26(24,25)16-6-3-2-4-7-16;/h2-4,6-9,13,22H,10,20H2,1H3;1H. The molecule has 0 aliphatic carbocycles. The van der Waals surface area contributed by atoms with Crippen molar-refractivity contribution in [2.24, 2.45) is 5.73 Å². The summed E-state index contributed by atoms with van der Waals surface area (Å²) in [6.07, 6.45) is 1.56. The van der Waals surface area contributed by atoms with Crippen molar-refractivity contribution >= 4 is 39.0 Å². The molecule has 0 aliphatic heterocycles. The van der Waals surface area contributed by atoms with Gasteiger partial charge in [0.1, 0.15) is 6.07 Å². The van der Waals surface area contributed by atoms with Crippen molar-refractivity contribution in [2.75, 3.05) is 10.8 Å². The van der Waals surface area contributed by atoms with Crippen LogP contribution in [0.15, 0.2) is 53.6 Å². The van der Waals surface area contributed by atoms with Crippen molar-refractivity contribution in [3.8, 4) is 18.0 Å². The smallest absolute Gasteiger partial charge is 0.275 e. The number of aryl methyl sites for hydroxylation is 1. The lowest BCUT2D eigenvalue weighted by Gasteiger charge is -2.19. The number of hydrogen-bond donors (Lipinski definition) is 2. The molecule has 0 amide bonds. The number of sulfonamides is 1. The van der Waals surface area contributed by atoms with Crippen molar-refractivity contribution in [3.63, 3.8) is 0 Å². The predicted molar refractivity (Wildman–Crippen MR) is 108 cm³/mol. The van der Waals surface area contributed by atoms with Gasteiger partial charge in [0.15, 0.2) is 0 Å². The highest BCUT2D eigenvalue weighted by Crippen LogP contribution is 2.33. The van der Waals surface area contributed by atoms with E-state index in [4.69, 9.17) is 5.73 Å². The Bertz CT molecular complexity index is 1170. The largest absolute Gasteiger partial charge is 0.358 e. The number of nitriles is 1. The fourth-order valence-corrected chi connectivity index (χ4v) is 4.04. The first-order valence-electron chi connectivity index (χ1n) is 7.80. The van der Waals surface area contributed by atoms with E-state index in [1.54, 1.807) is 36.5 Å². The maximum absolute atomic E-state index is 13.1. The minimum absolute atomic E-state index is 0. The average molecular weight is 401 g/mol. The number of aromatic nitrogens is 1. The van der Waals surface area contributed by atoms with Gasteiger partial charge in [0.25, 0.3) is 10.0 Å². The van der Waals surface area contributed by atoms with Crippen LogP contribution >= 0.6 is 12.4 Å². The van der Waals surface area contributed by atoms with Crippen LogP contribution in [0, 0.1) is 30.2 Å². The molecule has 6 nitrogen and oxygen atoms in total. The fourth-order valence-electron chi connectivity index (χ4n) is 2.73. The van der Waals surface area contributed by atoms with E-state index in [0.717, 1.165) is 9.87 Å². The van der Waals surface area contributed by atoms with Crippen LogP contribution in [-0.4, -0.2) is 19.9 Å². The van der Waals surface area contributed by atoms with E-state index in [1.165, 1.54) is 12.1 Å². The monoisotopic (exact) mass is 400 g/mol. The van der Waals surface area contributed by atoms with Gasteiger partial charge in [-0.15, -0.1) is 12.4 Å². The molecule has 8 heteroatoms. The zero-order chi connectivity index (χ0) is 18.7. The molecule has 0 fully saturated rings. The molecule has 0 spiro atoms. The van der Waals surface area contributed by atoms with Gasteiger partial charge in [-0.05, 0) is 30.7 Å². The number of halogens is 1. The molecule has 0 bridgehead atoms. The van der Waals surface area contributed by atoms with Crippen molar-refractivity contribution < 1.29 is 8.42 Å². The molecule has 3 rings (SSSR count). The molecule has 3 N–H and O–H groups in total. The van der Waals surface area contributed by atoms with Crippen LogP contribution in [0.25, 0.3) is 10.9 Å². The summed E-state index contributed by atoms with van der Waals surface area (Å²) >= 11 is 0. The number of H-pyrrole nitrogens is 1. The van der Waals surface area contributed by atoms with Gasteiger partial charge in [0.05, 0.1) is 28.2 Å². The first-order valence-corrected chi connectivity index (χ1v) is 9.24. The fraction of sp³-hybridized carbons (Fsp3) is 0.105. The topological polar surface area (TPSA) is 103 Å². The SMILES string of the molecule is Cc1ccc(N(C#CCN)S(=O)(=O)c2ccccc2)c2[nH]cc(C#N)c12.Cl. The van der Waals surface area contributed by atoms with Gasteiger partial charge in [-0.25, -0.2) is 8.42 Å². The maximum Gasteiger partial charge on any atom is 0.275 e. The lowest BCUT2D eigenvalue weighted by molar-refractivity contribution is 0.596. The van der Waals surface area contributed by atoms with Crippen LogP contribution in [0.3, 0.4) is 0 Å². The summed E-state index contributed by atoms with van der Waals surface area (Å²) in [4.78, 5) is 3.12. The maximum atomic E-state index is 13.1. The highest BCUT2D eigenvalue weighted by molar-refractivity contribution is 7.93. The number of benzene rings is 2. The Labute approximate surface area is 164 Å². The molecular formula is C19H17ClN4O2S. The Morgan fingerprint density at radius 2 is 1.89 bits per heavy atom. The van der Waals surface area contributed by atoms with Gasteiger partial charge in [0.2, 0.25) is 0 Å². The molecule has 0 saturated heterocycles. The van der Waals surface area contributed by atoms with Crippen LogP contribution in [0.1, 0.15) is 11.1 Å². The number of hydrogen-bond acceptors (Lipinski definition) is 4.